The lowest BCUT2D eigenvalue weighted by atomic mass is 9.96. The molecule has 3 N–H and O–H groups in total. The molecule has 0 amide bonds. The Morgan fingerprint density at radius 1 is 1.62 bits per heavy atom. The van der Waals surface area contributed by atoms with Crippen LogP contribution in [0.5, 0.6) is 11.5 Å². The average molecular weight is 248 g/mol. The standard InChI is InChI=1S/C11H15ClFNO2/c1-6(3-4-14)7-5-8(12)9(13)11(16-2)10(7)15/h5-6,15H,3-4,14H2,1-2H3. The van der Waals surface area contributed by atoms with Gasteiger partial charge in [-0.2, -0.15) is 0 Å². The van der Waals surface area contributed by atoms with Crippen LogP contribution < -0.4 is 10.5 Å². The van der Waals surface area contributed by atoms with Crippen LogP contribution in [0.15, 0.2) is 6.07 Å². The summed E-state index contributed by atoms with van der Waals surface area (Å²) in [6.45, 7) is 2.37. The fourth-order valence-corrected chi connectivity index (χ4v) is 1.78. The fraction of sp³-hybridized carbons (Fsp3) is 0.455. The molecule has 0 aromatic heterocycles. The van der Waals surface area contributed by atoms with Crippen molar-refractivity contribution in [2.75, 3.05) is 13.7 Å². The quantitative estimate of drug-likeness (QED) is 0.860. The topological polar surface area (TPSA) is 55.5 Å². The molecule has 0 aliphatic heterocycles. The predicted octanol–water partition coefficient (Wildman–Crippen LogP) is 2.65. The number of benzene rings is 1. The van der Waals surface area contributed by atoms with Gasteiger partial charge in [0.05, 0.1) is 12.1 Å². The van der Waals surface area contributed by atoms with E-state index in [1.54, 1.807) is 0 Å². The highest BCUT2D eigenvalue weighted by molar-refractivity contribution is 6.31. The van der Waals surface area contributed by atoms with E-state index in [-0.39, 0.29) is 22.4 Å². The number of nitrogens with two attached hydrogens (primary N) is 1. The van der Waals surface area contributed by atoms with Crippen molar-refractivity contribution >= 4 is 11.6 Å². The van der Waals surface area contributed by atoms with Gasteiger partial charge in [-0.05, 0) is 24.9 Å². The number of phenolic OH excluding ortho intramolecular Hbond substituents is 1. The monoisotopic (exact) mass is 247 g/mol. The minimum atomic E-state index is -0.745. The SMILES string of the molecule is COc1c(O)c(C(C)CCN)cc(Cl)c1F. The molecule has 0 aliphatic carbocycles. The molecule has 1 aromatic rings. The molecular weight excluding hydrogens is 233 g/mol. The van der Waals surface area contributed by atoms with Gasteiger partial charge in [-0.3, -0.25) is 0 Å². The van der Waals surface area contributed by atoms with Crippen LogP contribution in [-0.4, -0.2) is 18.8 Å². The molecule has 0 aliphatic rings. The summed E-state index contributed by atoms with van der Waals surface area (Å²) in [6.07, 6.45) is 0.679. The Kier molecular flexibility index (Phi) is 4.38. The Balaban J connectivity index is 3.25. The zero-order valence-electron chi connectivity index (χ0n) is 9.26. The highest BCUT2D eigenvalue weighted by atomic mass is 35.5. The molecule has 0 spiro atoms. The van der Waals surface area contributed by atoms with Gasteiger partial charge in [0.15, 0.2) is 17.3 Å². The second-order valence-corrected chi connectivity index (χ2v) is 4.03. The fourth-order valence-electron chi connectivity index (χ4n) is 1.58. The van der Waals surface area contributed by atoms with Crippen LogP contribution >= 0.6 is 11.6 Å². The van der Waals surface area contributed by atoms with E-state index in [0.717, 1.165) is 0 Å². The van der Waals surface area contributed by atoms with Crippen molar-refractivity contribution in [2.24, 2.45) is 5.73 Å². The Morgan fingerprint density at radius 3 is 2.75 bits per heavy atom. The molecule has 16 heavy (non-hydrogen) atoms. The highest BCUT2D eigenvalue weighted by Crippen LogP contribution is 2.41. The maximum Gasteiger partial charge on any atom is 0.198 e. The van der Waals surface area contributed by atoms with E-state index in [4.69, 9.17) is 22.1 Å². The van der Waals surface area contributed by atoms with Crippen LogP contribution in [0.25, 0.3) is 0 Å². The van der Waals surface area contributed by atoms with Crippen molar-refractivity contribution in [1.29, 1.82) is 0 Å². The summed E-state index contributed by atoms with van der Waals surface area (Å²) in [7, 11) is 1.28. The largest absolute Gasteiger partial charge is 0.504 e. The zero-order chi connectivity index (χ0) is 12.3. The number of hydrogen-bond donors (Lipinski definition) is 2. The van der Waals surface area contributed by atoms with E-state index in [1.165, 1.54) is 13.2 Å². The summed E-state index contributed by atoms with van der Waals surface area (Å²) in [4.78, 5) is 0. The van der Waals surface area contributed by atoms with Gasteiger partial charge in [-0.1, -0.05) is 18.5 Å². The summed E-state index contributed by atoms with van der Waals surface area (Å²) in [5, 5.41) is 9.77. The summed E-state index contributed by atoms with van der Waals surface area (Å²) in [6, 6.07) is 1.41. The Hall–Kier alpha value is -1.00. The van der Waals surface area contributed by atoms with Gasteiger partial charge in [-0.25, -0.2) is 4.39 Å². The lowest BCUT2D eigenvalue weighted by Crippen LogP contribution is -2.05. The summed E-state index contributed by atoms with van der Waals surface area (Å²) in [5.41, 5.74) is 5.99. The van der Waals surface area contributed by atoms with Crippen molar-refractivity contribution in [3.05, 3.63) is 22.5 Å². The number of hydrogen-bond acceptors (Lipinski definition) is 3. The first kappa shape index (κ1) is 13.1. The first-order valence-corrected chi connectivity index (χ1v) is 5.35. The summed E-state index contributed by atoms with van der Waals surface area (Å²) < 4.78 is 18.2. The van der Waals surface area contributed by atoms with Gasteiger partial charge in [0, 0.05) is 5.56 Å². The van der Waals surface area contributed by atoms with E-state index in [1.807, 2.05) is 6.92 Å². The van der Waals surface area contributed by atoms with Crippen LogP contribution in [0.3, 0.4) is 0 Å². The molecule has 1 unspecified atom stereocenters. The van der Waals surface area contributed by atoms with Crippen molar-refractivity contribution < 1.29 is 14.2 Å². The van der Waals surface area contributed by atoms with Crippen LogP contribution in [0.4, 0.5) is 4.39 Å². The molecule has 0 heterocycles. The molecule has 90 valence electrons. The Bertz CT molecular complexity index is 385. The molecule has 5 heteroatoms. The molecule has 3 nitrogen and oxygen atoms in total. The van der Waals surface area contributed by atoms with Crippen LogP contribution in [-0.2, 0) is 0 Å². The van der Waals surface area contributed by atoms with Gasteiger partial charge in [0.2, 0.25) is 0 Å². The molecule has 0 bridgehead atoms. The van der Waals surface area contributed by atoms with E-state index in [9.17, 15) is 9.50 Å². The molecule has 0 radical (unpaired) electrons. The molecule has 0 saturated heterocycles. The predicted molar refractivity (Wildman–Crippen MR) is 61.7 cm³/mol. The lowest BCUT2D eigenvalue weighted by molar-refractivity contribution is 0.347. The van der Waals surface area contributed by atoms with Crippen molar-refractivity contribution in [3.63, 3.8) is 0 Å². The molecular formula is C11H15ClFNO2. The Morgan fingerprint density at radius 2 is 2.25 bits per heavy atom. The molecule has 0 fully saturated rings. The number of rotatable bonds is 4. The minimum Gasteiger partial charge on any atom is -0.504 e. The second-order valence-electron chi connectivity index (χ2n) is 3.62. The third-order valence-corrected chi connectivity index (χ3v) is 2.79. The molecule has 1 rings (SSSR count). The first-order chi connectivity index (χ1) is 7.52. The van der Waals surface area contributed by atoms with Gasteiger partial charge in [-0.15, -0.1) is 0 Å². The van der Waals surface area contributed by atoms with Crippen molar-refractivity contribution in [3.8, 4) is 11.5 Å². The minimum absolute atomic E-state index is 0.00278. The summed E-state index contributed by atoms with van der Waals surface area (Å²) >= 11 is 5.72. The third-order valence-electron chi connectivity index (χ3n) is 2.51. The number of halogens is 2. The van der Waals surface area contributed by atoms with Crippen LogP contribution in [0.2, 0.25) is 5.02 Å². The maximum absolute atomic E-state index is 13.5. The van der Waals surface area contributed by atoms with Crippen molar-refractivity contribution in [2.45, 2.75) is 19.3 Å². The van der Waals surface area contributed by atoms with Crippen LogP contribution in [0.1, 0.15) is 24.8 Å². The average Bonchev–Trinajstić information content (AvgIpc) is 2.24. The lowest BCUT2D eigenvalue weighted by Gasteiger charge is -2.16. The van der Waals surface area contributed by atoms with Gasteiger partial charge < -0.3 is 15.6 Å². The van der Waals surface area contributed by atoms with Crippen molar-refractivity contribution in [1.82, 2.24) is 0 Å². The Labute approximate surface area is 99.0 Å². The summed E-state index contributed by atoms with van der Waals surface area (Å²) in [5.74, 6) is -1.17. The van der Waals surface area contributed by atoms with E-state index >= 15 is 0 Å². The number of aromatic hydroxyl groups is 1. The van der Waals surface area contributed by atoms with Gasteiger partial charge in [0.1, 0.15) is 0 Å². The number of phenols is 1. The second kappa shape index (κ2) is 5.37. The molecule has 1 aromatic carbocycles. The first-order valence-electron chi connectivity index (χ1n) is 4.97. The van der Waals surface area contributed by atoms with E-state index < -0.39 is 5.82 Å². The third kappa shape index (κ3) is 2.39. The highest BCUT2D eigenvalue weighted by Gasteiger charge is 2.20. The zero-order valence-corrected chi connectivity index (χ0v) is 10.0. The van der Waals surface area contributed by atoms with Crippen LogP contribution in [0, 0.1) is 5.82 Å². The van der Waals surface area contributed by atoms with Gasteiger partial charge >= 0.3 is 0 Å². The normalized spacial score (nSPS) is 12.6. The molecule has 0 saturated carbocycles. The maximum atomic E-state index is 13.5. The van der Waals surface area contributed by atoms with E-state index in [0.29, 0.717) is 18.5 Å². The smallest absolute Gasteiger partial charge is 0.198 e. The van der Waals surface area contributed by atoms with Gasteiger partial charge in [0.25, 0.3) is 0 Å². The van der Waals surface area contributed by atoms with E-state index in [2.05, 4.69) is 0 Å². The molecule has 1 atom stereocenters. The number of methoxy groups -OCH3 is 1. The number of ether oxygens (including phenoxy) is 1.